The summed E-state index contributed by atoms with van der Waals surface area (Å²) in [5.74, 6) is 0. The van der Waals surface area contributed by atoms with Crippen molar-refractivity contribution in [1.29, 1.82) is 0 Å². The molecule has 0 saturated heterocycles. The molecular formula is C11H16F3N3. The van der Waals surface area contributed by atoms with Crippen LogP contribution in [-0.2, 0) is 6.54 Å². The van der Waals surface area contributed by atoms with E-state index in [0.717, 1.165) is 5.56 Å². The predicted octanol–water partition coefficient (Wildman–Crippen LogP) is 1.67. The van der Waals surface area contributed by atoms with Crippen molar-refractivity contribution in [3.8, 4) is 0 Å². The molecule has 1 rings (SSSR count). The Morgan fingerprint density at radius 2 is 2.18 bits per heavy atom. The Balaban J connectivity index is 2.12. The maximum atomic E-state index is 12.0. The molecule has 0 atom stereocenters. The standard InChI is InChI=1S/C11H16F3N3/c1-17(9-11(12,13)14)6-5-16-8-10-3-2-4-15-7-10/h2-4,7,16H,5-6,8-9H2,1H3. The smallest absolute Gasteiger partial charge is 0.311 e. The molecule has 1 heterocycles. The van der Waals surface area contributed by atoms with Gasteiger partial charge < -0.3 is 5.32 Å². The molecule has 17 heavy (non-hydrogen) atoms. The number of likely N-dealkylation sites (N-methyl/N-ethyl adjacent to an activating group) is 1. The lowest BCUT2D eigenvalue weighted by atomic mass is 10.3. The summed E-state index contributed by atoms with van der Waals surface area (Å²) in [6.45, 7) is 0.622. The molecule has 1 N–H and O–H groups in total. The fourth-order valence-corrected chi connectivity index (χ4v) is 1.39. The number of halogens is 3. The van der Waals surface area contributed by atoms with Crippen molar-refractivity contribution in [3.63, 3.8) is 0 Å². The van der Waals surface area contributed by atoms with Crippen molar-refractivity contribution >= 4 is 0 Å². The SMILES string of the molecule is CN(CCNCc1cccnc1)CC(F)(F)F. The van der Waals surface area contributed by atoms with E-state index in [1.807, 2.05) is 12.1 Å². The maximum absolute atomic E-state index is 12.0. The highest BCUT2D eigenvalue weighted by atomic mass is 19.4. The molecule has 1 aromatic rings. The van der Waals surface area contributed by atoms with Crippen LogP contribution in [-0.4, -0.2) is 42.7 Å². The molecule has 0 aliphatic carbocycles. The minimum atomic E-state index is -4.13. The van der Waals surface area contributed by atoms with E-state index < -0.39 is 12.7 Å². The first-order valence-corrected chi connectivity index (χ1v) is 5.32. The normalized spacial score (nSPS) is 12.1. The van der Waals surface area contributed by atoms with E-state index in [1.165, 1.54) is 11.9 Å². The first-order valence-electron chi connectivity index (χ1n) is 5.32. The molecule has 1 aromatic heterocycles. The molecule has 0 amide bonds. The van der Waals surface area contributed by atoms with Crippen LogP contribution in [0, 0.1) is 0 Å². The van der Waals surface area contributed by atoms with Gasteiger partial charge in [0.2, 0.25) is 0 Å². The van der Waals surface area contributed by atoms with E-state index in [0.29, 0.717) is 19.6 Å². The molecule has 0 bridgehead atoms. The molecule has 3 nitrogen and oxygen atoms in total. The van der Waals surface area contributed by atoms with Crippen LogP contribution in [0.1, 0.15) is 5.56 Å². The minimum Gasteiger partial charge on any atom is -0.311 e. The number of aromatic nitrogens is 1. The van der Waals surface area contributed by atoms with Gasteiger partial charge >= 0.3 is 6.18 Å². The van der Waals surface area contributed by atoms with Crippen LogP contribution in [0.15, 0.2) is 24.5 Å². The van der Waals surface area contributed by atoms with Crippen LogP contribution in [0.5, 0.6) is 0 Å². The van der Waals surface area contributed by atoms with Crippen LogP contribution in [0.3, 0.4) is 0 Å². The number of hydrogen-bond acceptors (Lipinski definition) is 3. The third-order valence-corrected chi connectivity index (χ3v) is 2.17. The molecule has 6 heteroatoms. The second-order valence-electron chi connectivity index (χ2n) is 3.89. The molecule has 0 aromatic carbocycles. The zero-order chi connectivity index (χ0) is 12.7. The Hall–Kier alpha value is -1.14. The van der Waals surface area contributed by atoms with Crippen LogP contribution < -0.4 is 5.32 Å². The average molecular weight is 247 g/mol. The highest BCUT2D eigenvalue weighted by molar-refractivity contribution is 5.07. The summed E-state index contributed by atoms with van der Waals surface area (Å²) in [7, 11) is 1.46. The fourth-order valence-electron chi connectivity index (χ4n) is 1.39. The number of nitrogens with one attached hydrogen (secondary N) is 1. The summed E-state index contributed by atoms with van der Waals surface area (Å²) in [6, 6.07) is 3.74. The zero-order valence-corrected chi connectivity index (χ0v) is 9.67. The molecule has 0 radical (unpaired) electrons. The zero-order valence-electron chi connectivity index (χ0n) is 9.67. The second kappa shape index (κ2) is 6.56. The number of hydrogen-bond donors (Lipinski definition) is 1. The summed E-state index contributed by atoms with van der Waals surface area (Å²) in [5.41, 5.74) is 1.02. The lowest BCUT2D eigenvalue weighted by Gasteiger charge is -2.18. The maximum Gasteiger partial charge on any atom is 0.401 e. The molecule has 0 saturated carbocycles. The first kappa shape index (κ1) is 13.9. The van der Waals surface area contributed by atoms with Crippen molar-refractivity contribution in [2.75, 3.05) is 26.7 Å². The highest BCUT2D eigenvalue weighted by Crippen LogP contribution is 2.14. The Kier molecular flexibility index (Phi) is 5.37. The van der Waals surface area contributed by atoms with Crippen LogP contribution in [0.4, 0.5) is 13.2 Å². The Morgan fingerprint density at radius 3 is 2.76 bits per heavy atom. The van der Waals surface area contributed by atoms with Gasteiger partial charge in [0.1, 0.15) is 0 Å². The molecule has 0 aliphatic rings. The van der Waals surface area contributed by atoms with Crippen LogP contribution in [0.2, 0.25) is 0 Å². The Labute approximate surface area is 98.6 Å². The van der Waals surface area contributed by atoms with Crippen molar-refractivity contribution in [3.05, 3.63) is 30.1 Å². The quantitative estimate of drug-likeness (QED) is 0.775. The molecule has 96 valence electrons. The number of rotatable bonds is 6. The van der Waals surface area contributed by atoms with Crippen LogP contribution in [0.25, 0.3) is 0 Å². The van der Waals surface area contributed by atoms with Gasteiger partial charge in [-0.15, -0.1) is 0 Å². The van der Waals surface area contributed by atoms with Gasteiger partial charge in [-0.2, -0.15) is 13.2 Å². The van der Waals surface area contributed by atoms with Gasteiger partial charge in [0.25, 0.3) is 0 Å². The van der Waals surface area contributed by atoms with Crippen molar-refractivity contribution in [2.24, 2.45) is 0 Å². The third-order valence-electron chi connectivity index (χ3n) is 2.17. The second-order valence-corrected chi connectivity index (χ2v) is 3.89. The van der Waals surface area contributed by atoms with Gasteiger partial charge in [0, 0.05) is 32.0 Å². The summed E-state index contributed by atoms with van der Waals surface area (Å²) >= 11 is 0. The van der Waals surface area contributed by atoms with Gasteiger partial charge in [-0.25, -0.2) is 0 Å². The molecule has 0 aliphatic heterocycles. The summed E-state index contributed by atoms with van der Waals surface area (Å²) < 4.78 is 36.0. The van der Waals surface area contributed by atoms with Crippen molar-refractivity contribution < 1.29 is 13.2 Å². The van der Waals surface area contributed by atoms with Gasteiger partial charge in [-0.05, 0) is 18.7 Å². The Bertz CT molecular complexity index is 313. The van der Waals surface area contributed by atoms with E-state index >= 15 is 0 Å². The van der Waals surface area contributed by atoms with E-state index in [4.69, 9.17) is 0 Å². The van der Waals surface area contributed by atoms with Crippen molar-refractivity contribution in [1.82, 2.24) is 15.2 Å². The predicted molar refractivity (Wildman–Crippen MR) is 59.5 cm³/mol. The van der Waals surface area contributed by atoms with E-state index in [2.05, 4.69) is 10.3 Å². The van der Waals surface area contributed by atoms with E-state index in [1.54, 1.807) is 12.4 Å². The minimum absolute atomic E-state index is 0.361. The number of pyridine rings is 1. The van der Waals surface area contributed by atoms with Crippen LogP contribution >= 0.6 is 0 Å². The van der Waals surface area contributed by atoms with E-state index in [9.17, 15) is 13.2 Å². The molecule has 0 unspecified atom stereocenters. The topological polar surface area (TPSA) is 28.2 Å². The monoisotopic (exact) mass is 247 g/mol. The van der Waals surface area contributed by atoms with E-state index in [-0.39, 0.29) is 0 Å². The first-order chi connectivity index (χ1) is 7.97. The third kappa shape index (κ3) is 6.91. The fraction of sp³-hybridized carbons (Fsp3) is 0.545. The lowest BCUT2D eigenvalue weighted by molar-refractivity contribution is -0.142. The molecular weight excluding hydrogens is 231 g/mol. The average Bonchev–Trinajstić information content (AvgIpc) is 2.23. The summed E-state index contributed by atoms with van der Waals surface area (Å²) in [5, 5.41) is 3.07. The number of alkyl halides is 3. The Morgan fingerprint density at radius 1 is 1.41 bits per heavy atom. The van der Waals surface area contributed by atoms with Gasteiger partial charge in [-0.1, -0.05) is 6.07 Å². The number of nitrogens with zero attached hydrogens (tertiary/aromatic N) is 2. The largest absolute Gasteiger partial charge is 0.401 e. The van der Waals surface area contributed by atoms with Crippen molar-refractivity contribution in [2.45, 2.75) is 12.7 Å². The lowest BCUT2D eigenvalue weighted by Crippen LogP contribution is -2.35. The highest BCUT2D eigenvalue weighted by Gasteiger charge is 2.28. The summed E-state index contributed by atoms with van der Waals surface area (Å²) in [6.07, 6.45) is -0.717. The molecule has 0 spiro atoms. The van der Waals surface area contributed by atoms with Gasteiger partial charge in [0.05, 0.1) is 6.54 Å². The van der Waals surface area contributed by atoms with Gasteiger partial charge in [-0.3, -0.25) is 9.88 Å². The van der Waals surface area contributed by atoms with Gasteiger partial charge in [0.15, 0.2) is 0 Å². The molecule has 0 fully saturated rings. The summed E-state index contributed by atoms with van der Waals surface area (Å²) in [4.78, 5) is 5.19.